The zero-order valence-corrected chi connectivity index (χ0v) is 14.7. The molecule has 0 bridgehead atoms. The number of hydrogen-bond donors (Lipinski definition) is 0. The van der Waals surface area contributed by atoms with E-state index in [4.69, 9.17) is 23.7 Å². The molecule has 0 N–H and O–H groups in total. The Kier molecular flexibility index (Phi) is 6.32. The fourth-order valence-corrected chi connectivity index (χ4v) is 4.61. The van der Waals surface area contributed by atoms with Crippen LogP contribution in [0.1, 0.15) is 40.0 Å². The molecule has 0 aliphatic carbocycles. The topological polar surface area (TPSA) is 46.2 Å². The smallest absolute Gasteiger partial charge is 0.162 e. The summed E-state index contributed by atoms with van der Waals surface area (Å²) >= 11 is 0. The van der Waals surface area contributed by atoms with E-state index in [0.717, 1.165) is 45.7 Å². The molecule has 3 heterocycles. The van der Waals surface area contributed by atoms with Crippen molar-refractivity contribution in [2.45, 2.75) is 64.6 Å². The van der Waals surface area contributed by atoms with E-state index in [9.17, 15) is 0 Å². The second-order valence-corrected chi connectivity index (χ2v) is 6.88. The molecular formula is C18H32O5. The minimum absolute atomic E-state index is 0.116. The molecule has 0 aromatic heterocycles. The lowest BCUT2D eigenvalue weighted by molar-refractivity contribution is -0.156. The summed E-state index contributed by atoms with van der Waals surface area (Å²) in [4.78, 5) is 0. The summed E-state index contributed by atoms with van der Waals surface area (Å²) in [7, 11) is 0. The van der Waals surface area contributed by atoms with Gasteiger partial charge >= 0.3 is 0 Å². The van der Waals surface area contributed by atoms with E-state index in [1.165, 1.54) is 0 Å². The molecule has 3 rings (SSSR count). The zero-order chi connectivity index (χ0) is 16.2. The Morgan fingerprint density at radius 3 is 2.35 bits per heavy atom. The van der Waals surface area contributed by atoms with E-state index >= 15 is 0 Å². The molecular weight excluding hydrogens is 296 g/mol. The molecule has 0 aromatic carbocycles. The predicted molar refractivity (Wildman–Crippen MR) is 86.3 cm³/mol. The van der Waals surface area contributed by atoms with Crippen molar-refractivity contribution in [1.29, 1.82) is 0 Å². The first-order valence-corrected chi connectivity index (χ1v) is 9.34. The summed E-state index contributed by atoms with van der Waals surface area (Å²) in [5, 5.41) is 0. The van der Waals surface area contributed by atoms with E-state index in [2.05, 4.69) is 13.8 Å². The van der Waals surface area contributed by atoms with Crippen molar-refractivity contribution in [2.24, 2.45) is 17.8 Å². The molecule has 7 atom stereocenters. The van der Waals surface area contributed by atoms with Crippen LogP contribution < -0.4 is 0 Å². The average molecular weight is 328 g/mol. The van der Waals surface area contributed by atoms with Crippen LogP contribution in [0.3, 0.4) is 0 Å². The summed E-state index contributed by atoms with van der Waals surface area (Å²) < 4.78 is 29.7. The molecule has 23 heavy (non-hydrogen) atoms. The van der Waals surface area contributed by atoms with E-state index in [1.807, 2.05) is 6.92 Å². The molecule has 3 aliphatic rings. The number of ether oxygens (including phenoxy) is 5. The van der Waals surface area contributed by atoms with E-state index in [0.29, 0.717) is 24.4 Å². The molecule has 0 amide bonds. The lowest BCUT2D eigenvalue weighted by Crippen LogP contribution is -2.42. The Morgan fingerprint density at radius 1 is 0.870 bits per heavy atom. The highest BCUT2D eigenvalue weighted by Gasteiger charge is 2.49. The molecule has 5 heteroatoms. The van der Waals surface area contributed by atoms with Gasteiger partial charge in [-0.1, -0.05) is 0 Å². The lowest BCUT2D eigenvalue weighted by Gasteiger charge is -2.34. The maximum absolute atomic E-state index is 6.16. The highest BCUT2D eigenvalue weighted by Crippen LogP contribution is 2.42. The SMILES string of the molecule is CCOC(C)C1CCOC1C1CCOC1C1CCOC1OCC. The standard InChI is InChI=1S/C18H32O5/c1-4-19-12(3)13-6-9-21-16(13)14-7-10-22-17(14)15-8-11-23-18(15)20-5-2/h12-18H,4-11H2,1-3H3. The van der Waals surface area contributed by atoms with E-state index in [-0.39, 0.29) is 24.6 Å². The normalized spacial score (nSPS) is 42.4. The summed E-state index contributed by atoms with van der Waals surface area (Å²) in [5.41, 5.74) is 0. The van der Waals surface area contributed by atoms with Crippen LogP contribution in [0.5, 0.6) is 0 Å². The fraction of sp³-hybridized carbons (Fsp3) is 1.00. The van der Waals surface area contributed by atoms with Gasteiger partial charge in [-0.05, 0) is 40.0 Å². The van der Waals surface area contributed by atoms with E-state index in [1.54, 1.807) is 0 Å². The molecule has 3 aliphatic heterocycles. The minimum atomic E-state index is -0.116. The minimum Gasteiger partial charge on any atom is -0.378 e. The van der Waals surface area contributed by atoms with Crippen LogP contribution in [0.4, 0.5) is 0 Å². The van der Waals surface area contributed by atoms with Gasteiger partial charge < -0.3 is 23.7 Å². The molecule has 0 radical (unpaired) electrons. The highest BCUT2D eigenvalue weighted by atomic mass is 16.7. The van der Waals surface area contributed by atoms with Crippen LogP contribution in [0.15, 0.2) is 0 Å². The maximum Gasteiger partial charge on any atom is 0.162 e. The Morgan fingerprint density at radius 2 is 1.57 bits per heavy atom. The Bertz CT molecular complexity index is 363. The van der Waals surface area contributed by atoms with Gasteiger partial charge in [0, 0.05) is 44.2 Å². The molecule has 5 nitrogen and oxygen atoms in total. The van der Waals surface area contributed by atoms with Crippen molar-refractivity contribution < 1.29 is 23.7 Å². The van der Waals surface area contributed by atoms with Gasteiger partial charge in [-0.3, -0.25) is 0 Å². The monoisotopic (exact) mass is 328 g/mol. The van der Waals surface area contributed by atoms with Crippen molar-refractivity contribution in [2.75, 3.05) is 33.0 Å². The van der Waals surface area contributed by atoms with Crippen LogP contribution in [-0.2, 0) is 23.7 Å². The summed E-state index contributed by atoms with van der Waals surface area (Å²) in [6.07, 6.45) is 3.74. The van der Waals surface area contributed by atoms with Gasteiger partial charge in [0.15, 0.2) is 6.29 Å². The van der Waals surface area contributed by atoms with Gasteiger partial charge in [-0.15, -0.1) is 0 Å². The molecule has 3 fully saturated rings. The highest BCUT2D eigenvalue weighted by molar-refractivity contribution is 4.95. The summed E-state index contributed by atoms with van der Waals surface area (Å²) in [6, 6.07) is 0. The van der Waals surface area contributed by atoms with Gasteiger partial charge in [0.1, 0.15) is 0 Å². The van der Waals surface area contributed by atoms with Gasteiger partial charge in [-0.25, -0.2) is 0 Å². The molecule has 3 saturated heterocycles. The maximum atomic E-state index is 6.16. The Hall–Kier alpha value is -0.200. The Balaban J connectivity index is 1.68. The van der Waals surface area contributed by atoms with Gasteiger partial charge in [-0.2, -0.15) is 0 Å². The van der Waals surface area contributed by atoms with Gasteiger partial charge in [0.2, 0.25) is 0 Å². The first-order chi connectivity index (χ1) is 11.3. The first-order valence-electron chi connectivity index (χ1n) is 9.34. The molecule has 0 aromatic rings. The van der Waals surface area contributed by atoms with Crippen molar-refractivity contribution in [3.63, 3.8) is 0 Å². The molecule has 0 spiro atoms. The zero-order valence-electron chi connectivity index (χ0n) is 14.7. The van der Waals surface area contributed by atoms with Crippen LogP contribution in [0.25, 0.3) is 0 Å². The average Bonchev–Trinajstić information content (AvgIpc) is 3.27. The van der Waals surface area contributed by atoms with Crippen LogP contribution in [0, 0.1) is 17.8 Å². The molecule has 0 saturated carbocycles. The van der Waals surface area contributed by atoms with Crippen LogP contribution >= 0.6 is 0 Å². The summed E-state index contributed by atoms with van der Waals surface area (Å²) in [5.74, 6) is 1.23. The largest absolute Gasteiger partial charge is 0.378 e. The third kappa shape index (κ3) is 3.74. The quantitative estimate of drug-likeness (QED) is 0.719. The van der Waals surface area contributed by atoms with Crippen LogP contribution in [0.2, 0.25) is 0 Å². The predicted octanol–water partition coefficient (Wildman–Crippen LogP) is 2.62. The Labute approximate surface area is 139 Å². The third-order valence-electron chi connectivity index (χ3n) is 5.66. The van der Waals surface area contributed by atoms with Gasteiger partial charge in [0.05, 0.1) is 24.9 Å². The second kappa shape index (κ2) is 8.26. The first kappa shape index (κ1) is 17.6. The van der Waals surface area contributed by atoms with Crippen molar-refractivity contribution >= 4 is 0 Å². The fourth-order valence-electron chi connectivity index (χ4n) is 4.61. The lowest BCUT2D eigenvalue weighted by atomic mass is 9.79. The van der Waals surface area contributed by atoms with Crippen molar-refractivity contribution in [3.8, 4) is 0 Å². The molecule has 134 valence electrons. The van der Waals surface area contributed by atoms with Crippen molar-refractivity contribution in [3.05, 3.63) is 0 Å². The van der Waals surface area contributed by atoms with Crippen LogP contribution in [-0.4, -0.2) is 57.6 Å². The number of rotatable bonds is 7. The summed E-state index contributed by atoms with van der Waals surface area (Å²) in [6.45, 7) is 10.1. The third-order valence-corrected chi connectivity index (χ3v) is 5.66. The van der Waals surface area contributed by atoms with Gasteiger partial charge in [0.25, 0.3) is 0 Å². The number of hydrogen-bond acceptors (Lipinski definition) is 5. The second-order valence-electron chi connectivity index (χ2n) is 6.88. The van der Waals surface area contributed by atoms with Crippen molar-refractivity contribution in [1.82, 2.24) is 0 Å². The molecule has 7 unspecified atom stereocenters. The van der Waals surface area contributed by atoms with E-state index < -0.39 is 0 Å².